The molecule has 0 fully saturated rings. The van der Waals surface area contributed by atoms with Gasteiger partial charge in [0.15, 0.2) is 5.82 Å². The second-order valence-corrected chi connectivity index (χ2v) is 5.89. The van der Waals surface area contributed by atoms with Gasteiger partial charge in [-0.25, -0.2) is 10.1 Å². The number of nitrogens with one attached hydrogen (secondary N) is 1. The van der Waals surface area contributed by atoms with E-state index in [1.807, 2.05) is 18.2 Å². The van der Waals surface area contributed by atoms with E-state index in [-0.39, 0.29) is 5.56 Å². The maximum Gasteiger partial charge on any atom is 0.268 e. The van der Waals surface area contributed by atoms with Crippen LogP contribution in [0.4, 0.5) is 0 Å². The van der Waals surface area contributed by atoms with E-state index in [9.17, 15) is 4.79 Å². The Morgan fingerprint density at radius 1 is 1.12 bits per heavy atom. The Morgan fingerprint density at radius 3 is 2.81 bits per heavy atom. The molecule has 126 valence electrons. The maximum atomic E-state index is 12.8. The van der Waals surface area contributed by atoms with Crippen LogP contribution in [0.5, 0.6) is 0 Å². The molecule has 1 N–H and O–H groups in total. The predicted molar refractivity (Wildman–Crippen MR) is 94.3 cm³/mol. The zero-order chi connectivity index (χ0) is 17.7. The van der Waals surface area contributed by atoms with Gasteiger partial charge < -0.3 is 0 Å². The first-order valence-corrected chi connectivity index (χ1v) is 7.98. The van der Waals surface area contributed by atoms with Crippen molar-refractivity contribution in [1.82, 2.24) is 39.3 Å². The van der Waals surface area contributed by atoms with Crippen LogP contribution in [0.25, 0.3) is 34.0 Å². The molecule has 0 amide bonds. The highest BCUT2D eigenvalue weighted by molar-refractivity contribution is 6.33. The van der Waals surface area contributed by atoms with E-state index in [0.29, 0.717) is 39.0 Å². The van der Waals surface area contributed by atoms with Gasteiger partial charge in [0.2, 0.25) is 5.95 Å². The molecule has 0 saturated carbocycles. The van der Waals surface area contributed by atoms with Gasteiger partial charge in [-0.05, 0) is 18.2 Å². The minimum atomic E-state index is -0.288. The van der Waals surface area contributed by atoms with Crippen molar-refractivity contribution >= 4 is 28.3 Å². The normalized spacial score (nSPS) is 11.4. The van der Waals surface area contributed by atoms with Gasteiger partial charge in [0, 0.05) is 18.0 Å². The van der Waals surface area contributed by atoms with E-state index in [2.05, 4.69) is 30.2 Å². The quantitative estimate of drug-likeness (QED) is 0.512. The maximum absolute atomic E-state index is 12.8. The van der Waals surface area contributed by atoms with Crippen molar-refractivity contribution in [2.45, 2.75) is 0 Å². The lowest BCUT2D eigenvalue weighted by atomic mass is 10.2. The summed E-state index contributed by atoms with van der Waals surface area (Å²) < 4.78 is 2.88. The second kappa shape index (κ2) is 5.46. The van der Waals surface area contributed by atoms with Crippen molar-refractivity contribution in [2.24, 2.45) is 0 Å². The number of rotatable bonds is 2. The van der Waals surface area contributed by atoms with Gasteiger partial charge in [0.25, 0.3) is 11.3 Å². The first-order chi connectivity index (χ1) is 12.7. The van der Waals surface area contributed by atoms with Gasteiger partial charge in [-0.2, -0.15) is 19.6 Å². The molecule has 0 unspecified atom stereocenters. The molecule has 5 rings (SSSR count). The molecular formula is C16H9ClN8O. The van der Waals surface area contributed by atoms with Gasteiger partial charge >= 0.3 is 0 Å². The lowest BCUT2D eigenvalue weighted by Crippen LogP contribution is -2.19. The first-order valence-electron chi connectivity index (χ1n) is 7.60. The van der Waals surface area contributed by atoms with Crippen LogP contribution in [0.1, 0.15) is 0 Å². The minimum Gasteiger partial charge on any atom is -0.268 e. The third-order valence-electron chi connectivity index (χ3n) is 3.98. The highest BCUT2D eigenvalue weighted by Gasteiger charge is 2.15. The SMILES string of the molecule is O=c1c2cnc3nc(-c4ccccc4Cl)nn3c2ccn1-c1ncn[nH]1. The monoisotopic (exact) mass is 364 g/mol. The Labute approximate surface area is 149 Å². The number of hydrogen-bond acceptors (Lipinski definition) is 6. The molecule has 4 aromatic heterocycles. The van der Waals surface area contributed by atoms with Crippen LogP contribution in [0.3, 0.4) is 0 Å². The zero-order valence-electron chi connectivity index (χ0n) is 13.0. The Balaban J connectivity index is 1.77. The van der Waals surface area contributed by atoms with E-state index in [1.165, 1.54) is 21.6 Å². The van der Waals surface area contributed by atoms with Gasteiger partial charge in [0.05, 0.1) is 15.9 Å². The van der Waals surface area contributed by atoms with Crippen LogP contribution in [0.2, 0.25) is 5.02 Å². The molecule has 0 saturated heterocycles. The number of hydrogen-bond donors (Lipinski definition) is 1. The summed E-state index contributed by atoms with van der Waals surface area (Å²) in [6.45, 7) is 0. The van der Waals surface area contributed by atoms with Crippen molar-refractivity contribution in [1.29, 1.82) is 0 Å². The Kier molecular flexibility index (Phi) is 3.09. The van der Waals surface area contributed by atoms with Crippen molar-refractivity contribution < 1.29 is 0 Å². The van der Waals surface area contributed by atoms with Gasteiger partial charge in [-0.3, -0.25) is 9.36 Å². The van der Waals surface area contributed by atoms with E-state index in [0.717, 1.165) is 0 Å². The summed E-state index contributed by atoms with van der Waals surface area (Å²) in [6, 6.07) is 9.04. The Bertz CT molecular complexity index is 1320. The first kappa shape index (κ1) is 14.7. The molecule has 0 bridgehead atoms. The molecule has 0 aliphatic rings. The third-order valence-corrected chi connectivity index (χ3v) is 4.31. The number of benzene rings is 1. The average Bonchev–Trinajstić information content (AvgIpc) is 3.32. The number of pyridine rings is 1. The van der Waals surface area contributed by atoms with Gasteiger partial charge in [-0.15, -0.1) is 5.10 Å². The van der Waals surface area contributed by atoms with Crippen LogP contribution >= 0.6 is 11.6 Å². The summed E-state index contributed by atoms with van der Waals surface area (Å²) in [6.07, 6.45) is 4.41. The Hall–Kier alpha value is -3.59. The predicted octanol–water partition coefficient (Wildman–Crippen LogP) is 1.87. The summed E-state index contributed by atoms with van der Waals surface area (Å²) in [7, 11) is 0. The second-order valence-electron chi connectivity index (χ2n) is 5.48. The number of nitrogens with zero attached hydrogens (tertiary/aromatic N) is 7. The average molecular weight is 365 g/mol. The van der Waals surface area contributed by atoms with Gasteiger partial charge in [-0.1, -0.05) is 23.7 Å². The zero-order valence-corrected chi connectivity index (χ0v) is 13.8. The lowest BCUT2D eigenvalue weighted by molar-refractivity contribution is 0.894. The molecule has 4 heterocycles. The summed E-state index contributed by atoms with van der Waals surface area (Å²) in [4.78, 5) is 25.4. The molecule has 26 heavy (non-hydrogen) atoms. The fourth-order valence-corrected chi connectivity index (χ4v) is 2.98. The minimum absolute atomic E-state index is 0.288. The molecule has 10 heteroatoms. The van der Waals surface area contributed by atoms with Crippen molar-refractivity contribution in [2.75, 3.05) is 0 Å². The number of aromatic amines is 1. The van der Waals surface area contributed by atoms with E-state index >= 15 is 0 Å². The molecule has 0 aliphatic carbocycles. The van der Waals surface area contributed by atoms with Gasteiger partial charge in [0.1, 0.15) is 6.33 Å². The molecule has 0 aliphatic heterocycles. The number of H-pyrrole nitrogens is 1. The van der Waals surface area contributed by atoms with Crippen molar-refractivity contribution in [3.63, 3.8) is 0 Å². The van der Waals surface area contributed by atoms with E-state index in [1.54, 1.807) is 18.3 Å². The van der Waals surface area contributed by atoms with Crippen LogP contribution in [-0.2, 0) is 0 Å². The summed E-state index contributed by atoms with van der Waals surface area (Å²) in [5, 5.41) is 11.8. The summed E-state index contributed by atoms with van der Waals surface area (Å²) in [5.41, 5.74) is 0.993. The highest BCUT2D eigenvalue weighted by Crippen LogP contribution is 2.25. The molecule has 9 nitrogen and oxygen atoms in total. The molecule has 1 aromatic carbocycles. The van der Waals surface area contributed by atoms with Crippen LogP contribution in [0.15, 0.2) is 53.8 Å². The number of fused-ring (bicyclic) bond motifs is 3. The standard InChI is InChI=1S/C16H9ClN8O/c17-11-4-2-1-3-9(11)13-21-15-18-7-10-12(25(15)23-13)5-6-24(14(10)26)16-19-8-20-22-16/h1-8H,(H,19,20,22). The lowest BCUT2D eigenvalue weighted by Gasteiger charge is -2.03. The highest BCUT2D eigenvalue weighted by atomic mass is 35.5. The molecular weight excluding hydrogens is 356 g/mol. The largest absolute Gasteiger partial charge is 0.268 e. The number of aromatic nitrogens is 8. The topological polar surface area (TPSA) is 107 Å². The Morgan fingerprint density at radius 2 is 2.00 bits per heavy atom. The van der Waals surface area contributed by atoms with Crippen LogP contribution in [0, 0.1) is 0 Å². The summed E-state index contributed by atoms with van der Waals surface area (Å²) >= 11 is 6.23. The molecule has 5 aromatic rings. The van der Waals surface area contributed by atoms with Crippen molar-refractivity contribution in [3.05, 3.63) is 64.4 Å². The fraction of sp³-hybridized carbons (Fsp3) is 0. The van der Waals surface area contributed by atoms with Crippen LogP contribution < -0.4 is 5.56 Å². The molecule has 0 atom stereocenters. The van der Waals surface area contributed by atoms with E-state index < -0.39 is 0 Å². The summed E-state index contributed by atoms with van der Waals surface area (Å²) in [5.74, 6) is 1.14. The van der Waals surface area contributed by atoms with Crippen LogP contribution in [-0.4, -0.2) is 39.3 Å². The van der Waals surface area contributed by atoms with E-state index in [4.69, 9.17) is 11.6 Å². The molecule has 0 radical (unpaired) electrons. The smallest absolute Gasteiger partial charge is 0.268 e. The van der Waals surface area contributed by atoms with Crippen molar-refractivity contribution in [3.8, 4) is 17.3 Å². The molecule has 0 spiro atoms. The third kappa shape index (κ3) is 2.11. The number of halogens is 1. The fourth-order valence-electron chi connectivity index (χ4n) is 2.76.